The van der Waals surface area contributed by atoms with Gasteiger partial charge in [0.2, 0.25) is 0 Å². The van der Waals surface area contributed by atoms with Crippen molar-refractivity contribution in [3.63, 3.8) is 0 Å². The van der Waals surface area contributed by atoms with Gasteiger partial charge in [0.25, 0.3) is 0 Å². The number of fused-ring (bicyclic) bond motifs is 1. The minimum absolute atomic E-state index is 0.565. The van der Waals surface area contributed by atoms with E-state index in [1.165, 1.54) is 29.3 Å². The molecule has 90 valence electrons. The van der Waals surface area contributed by atoms with E-state index in [1.54, 1.807) is 0 Å². The van der Waals surface area contributed by atoms with Crippen LogP contribution in [0, 0.1) is 13.8 Å². The minimum Gasteiger partial charge on any atom is -0.317 e. The van der Waals surface area contributed by atoms with E-state index in [4.69, 9.17) is 5.10 Å². The molecule has 0 saturated carbocycles. The minimum atomic E-state index is 0.565. The standard InChI is InChI=1S/C14H19N3/c1-10-3-4-14-13(9-10)11(2)16-17(14)12-5-7-15-8-6-12/h3-4,9,12,15H,5-8H2,1-2H3. The second-order valence-electron chi connectivity index (χ2n) is 5.03. The van der Waals surface area contributed by atoms with Crippen LogP contribution < -0.4 is 5.32 Å². The van der Waals surface area contributed by atoms with Crippen LogP contribution in [0.25, 0.3) is 10.9 Å². The molecule has 1 saturated heterocycles. The van der Waals surface area contributed by atoms with Crippen molar-refractivity contribution >= 4 is 10.9 Å². The lowest BCUT2D eigenvalue weighted by Gasteiger charge is -2.23. The third-order valence-electron chi connectivity index (χ3n) is 3.70. The molecule has 0 spiro atoms. The molecular formula is C14H19N3. The van der Waals surface area contributed by atoms with Gasteiger partial charge in [-0.1, -0.05) is 11.6 Å². The highest BCUT2D eigenvalue weighted by atomic mass is 15.3. The summed E-state index contributed by atoms with van der Waals surface area (Å²) in [5, 5.41) is 9.46. The summed E-state index contributed by atoms with van der Waals surface area (Å²) in [5.74, 6) is 0. The van der Waals surface area contributed by atoms with Crippen LogP contribution in [0.5, 0.6) is 0 Å². The summed E-state index contributed by atoms with van der Waals surface area (Å²) >= 11 is 0. The Hall–Kier alpha value is -1.35. The fourth-order valence-electron chi connectivity index (χ4n) is 2.74. The summed E-state index contributed by atoms with van der Waals surface area (Å²) in [4.78, 5) is 0. The number of hydrogen-bond acceptors (Lipinski definition) is 2. The van der Waals surface area contributed by atoms with E-state index in [0.717, 1.165) is 18.8 Å². The maximum absolute atomic E-state index is 4.74. The smallest absolute Gasteiger partial charge is 0.0688 e. The van der Waals surface area contributed by atoms with Crippen LogP contribution in [0.4, 0.5) is 0 Å². The molecule has 0 unspecified atom stereocenters. The summed E-state index contributed by atoms with van der Waals surface area (Å²) in [6.07, 6.45) is 2.37. The molecule has 0 amide bonds. The van der Waals surface area contributed by atoms with Crippen LogP contribution in [0.1, 0.15) is 30.1 Å². The Balaban J connectivity index is 2.10. The summed E-state index contributed by atoms with van der Waals surface area (Å²) in [6, 6.07) is 7.21. The van der Waals surface area contributed by atoms with Crippen LogP contribution in [-0.4, -0.2) is 22.9 Å². The third kappa shape index (κ3) is 1.84. The summed E-state index contributed by atoms with van der Waals surface area (Å²) < 4.78 is 2.24. The molecule has 0 atom stereocenters. The highest BCUT2D eigenvalue weighted by Crippen LogP contribution is 2.26. The average molecular weight is 229 g/mol. The lowest BCUT2D eigenvalue weighted by Crippen LogP contribution is -2.29. The number of hydrogen-bond donors (Lipinski definition) is 1. The molecule has 17 heavy (non-hydrogen) atoms. The number of aromatic nitrogens is 2. The lowest BCUT2D eigenvalue weighted by atomic mass is 10.1. The Morgan fingerprint density at radius 3 is 2.76 bits per heavy atom. The van der Waals surface area contributed by atoms with Crippen molar-refractivity contribution in [3.8, 4) is 0 Å². The fourth-order valence-corrected chi connectivity index (χ4v) is 2.74. The molecule has 0 aliphatic carbocycles. The topological polar surface area (TPSA) is 29.9 Å². The molecular weight excluding hydrogens is 210 g/mol. The molecule has 0 radical (unpaired) electrons. The molecule has 3 heteroatoms. The Labute approximate surface area is 102 Å². The predicted octanol–water partition coefficient (Wildman–Crippen LogP) is 2.58. The number of aryl methyl sites for hydroxylation is 2. The molecule has 0 bridgehead atoms. The quantitative estimate of drug-likeness (QED) is 0.814. The zero-order chi connectivity index (χ0) is 11.8. The normalized spacial score (nSPS) is 17.8. The average Bonchev–Trinajstić information content (AvgIpc) is 2.68. The molecule has 1 aromatic heterocycles. The highest BCUT2D eigenvalue weighted by Gasteiger charge is 2.18. The maximum Gasteiger partial charge on any atom is 0.0688 e. The second-order valence-corrected chi connectivity index (χ2v) is 5.03. The SMILES string of the molecule is Cc1ccc2c(c1)c(C)nn2C1CCNCC1. The van der Waals surface area contributed by atoms with Gasteiger partial charge in [-0.25, -0.2) is 0 Å². The van der Waals surface area contributed by atoms with Crippen molar-refractivity contribution in [2.24, 2.45) is 0 Å². The molecule has 1 aliphatic rings. The van der Waals surface area contributed by atoms with E-state index in [1.807, 2.05) is 0 Å². The number of rotatable bonds is 1. The largest absolute Gasteiger partial charge is 0.317 e. The fraction of sp³-hybridized carbons (Fsp3) is 0.500. The van der Waals surface area contributed by atoms with E-state index < -0.39 is 0 Å². The van der Waals surface area contributed by atoms with Crippen LogP contribution in [0.15, 0.2) is 18.2 Å². The molecule has 1 aliphatic heterocycles. The van der Waals surface area contributed by atoms with E-state index in [2.05, 4.69) is 42.0 Å². The Morgan fingerprint density at radius 1 is 1.24 bits per heavy atom. The summed E-state index contributed by atoms with van der Waals surface area (Å²) in [7, 11) is 0. The number of nitrogens with zero attached hydrogens (tertiary/aromatic N) is 2. The zero-order valence-corrected chi connectivity index (χ0v) is 10.5. The van der Waals surface area contributed by atoms with Gasteiger partial charge in [0.05, 0.1) is 17.3 Å². The molecule has 1 aromatic carbocycles. The first-order valence-corrected chi connectivity index (χ1v) is 6.42. The highest BCUT2D eigenvalue weighted by molar-refractivity contribution is 5.82. The Bertz CT molecular complexity index is 536. The second kappa shape index (κ2) is 4.15. The van der Waals surface area contributed by atoms with Gasteiger partial charge in [-0.3, -0.25) is 4.68 Å². The lowest BCUT2D eigenvalue weighted by molar-refractivity contribution is 0.350. The van der Waals surface area contributed by atoms with Crippen molar-refractivity contribution in [3.05, 3.63) is 29.5 Å². The number of nitrogens with one attached hydrogen (secondary N) is 1. The first-order chi connectivity index (χ1) is 8.25. The molecule has 1 fully saturated rings. The van der Waals surface area contributed by atoms with Gasteiger partial charge in [0, 0.05) is 5.39 Å². The van der Waals surface area contributed by atoms with Crippen molar-refractivity contribution < 1.29 is 0 Å². The van der Waals surface area contributed by atoms with Gasteiger partial charge >= 0.3 is 0 Å². The van der Waals surface area contributed by atoms with E-state index >= 15 is 0 Å². The van der Waals surface area contributed by atoms with Crippen molar-refractivity contribution in [2.75, 3.05) is 13.1 Å². The molecule has 1 N–H and O–H groups in total. The van der Waals surface area contributed by atoms with E-state index in [-0.39, 0.29) is 0 Å². The van der Waals surface area contributed by atoms with Gasteiger partial charge in [-0.2, -0.15) is 5.10 Å². The molecule has 3 rings (SSSR count). The van der Waals surface area contributed by atoms with Gasteiger partial charge in [-0.15, -0.1) is 0 Å². The number of benzene rings is 1. The van der Waals surface area contributed by atoms with Crippen molar-refractivity contribution in [1.29, 1.82) is 0 Å². The maximum atomic E-state index is 4.74. The van der Waals surface area contributed by atoms with Gasteiger partial charge in [0.1, 0.15) is 0 Å². The van der Waals surface area contributed by atoms with E-state index in [9.17, 15) is 0 Å². The first-order valence-electron chi connectivity index (χ1n) is 6.42. The van der Waals surface area contributed by atoms with Crippen LogP contribution in [0.3, 0.4) is 0 Å². The van der Waals surface area contributed by atoms with Gasteiger partial charge in [0.15, 0.2) is 0 Å². The van der Waals surface area contributed by atoms with Crippen molar-refractivity contribution in [1.82, 2.24) is 15.1 Å². The summed E-state index contributed by atoms with van der Waals surface area (Å²) in [5.41, 5.74) is 3.76. The van der Waals surface area contributed by atoms with Gasteiger partial charge < -0.3 is 5.32 Å². The van der Waals surface area contributed by atoms with E-state index in [0.29, 0.717) is 6.04 Å². The predicted molar refractivity (Wildman–Crippen MR) is 70.3 cm³/mol. The molecule has 2 heterocycles. The number of piperidine rings is 1. The third-order valence-corrected chi connectivity index (χ3v) is 3.70. The Kier molecular flexibility index (Phi) is 2.63. The summed E-state index contributed by atoms with van der Waals surface area (Å²) in [6.45, 7) is 6.47. The zero-order valence-electron chi connectivity index (χ0n) is 10.5. The Morgan fingerprint density at radius 2 is 2.00 bits per heavy atom. The van der Waals surface area contributed by atoms with Gasteiger partial charge in [-0.05, 0) is 51.9 Å². The molecule has 2 aromatic rings. The van der Waals surface area contributed by atoms with Crippen LogP contribution in [0.2, 0.25) is 0 Å². The first kappa shape index (κ1) is 10.8. The van der Waals surface area contributed by atoms with Crippen molar-refractivity contribution in [2.45, 2.75) is 32.7 Å². The van der Waals surface area contributed by atoms with Crippen LogP contribution in [-0.2, 0) is 0 Å². The molecule has 3 nitrogen and oxygen atoms in total. The monoisotopic (exact) mass is 229 g/mol. The van der Waals surface area contributed by atoms with Crippen LogP contribution >= 0.6 is 0 Å².